The number of carbonyl (C=O) groups is 1. The van der Waals surface area contributed by atoms with E-state index in [0.717, 1.165) is 6.07 Å². The van der Waals surface area contributed by atoms with Gasteiger partial charge in [-0.2, -0.15) is 10.4 Å². The lowest BCUT2D eigenvalue weighted by Crippen LogP contribution is -2.11. The van der Waals surface area contributed by atoms with Crippen molar-refractivity contribution in [3.05, 3.63) is 53.1 Å². The monoisotopic (exact) mass is 245 g/mol. The molecule has 0 bridgehead atoms. The Kier molecular flexibility index (Phi) is 3.06. The van der Waals surface area contributed by atoms with E-state index in [4.69, 9.17) is 10.4 Å². The quantitative estimate of drug-likeness (QED) is 0.891. The van der Waals surface area contributed by atoms with Crippen LogP contribution in [-0.4, -0.2) is 20.9 Å². The molecule has 2 rings (SSSR count). The molecule has 0 fully saturated rings. The fraction of sp³-hybridized carbons (Fsp3) is 0.0833. The average Bonchev–Trinajstić information content (AvgIpc) is 2.80. The van der Waals surface area contributed by atoms with Crippen LogP contribution in [0.3, 0.4) is 0 Å². The lowest BCUT2D eigenvalue weighted by Gasteiger charge is -2.06. The summed E-state index contributed by atoms with van der Waals surface area (Å²) in [6.07, 6.45) is 1.34. The second kappa shape index (κ2) is 4.67. The van der Waals surface area contributed by atoms with Crippen molar-refractivity contribution in [1.82, 2.24) is 9.78 Å². The van der Waals surface area contributed by atoms with Crippen LogP contribution >= 0.6 is 0 Å². The van der Waals surface area contributed by atoms with Crippen molar-refractivity contribution in [2.75, 3.05) is 0 Å². The van der Waals surface area contributed by atoms with Gasteiger partial charge in [-0.05, 0) is 18.2 Å². The van der Waals surface area contributed by atoms with Gasteiger partial charge in [0.25, 0.3) is 0 Å². The zero-order chi connectivity index (χ0) is 13.1. The molecule has 0 saturated heterocycles. The van der Waals surface area contributed by atoms with Crippen LogP contribution in [-0.2, 0) is 6.54 Å². The fourth-order valence-corrected chi connectivity index (χ4v) is 1.55. The van der Waals surface area contributed by atoms with E-state index < -0.39 is 11.8 Å². The molecule has 1 N–H and O–H groups in total. The van der Waals surface area contributed by atoms with E-state index in [2.05, 4.69) is 5.10 Å². The summed E-state index contributed by atoms with van der Waals surface area (Å²) in [7, 11) is 0. The smallest absolute Gasteiger partial charge is 0.354 e. The minimum absolute atomic E-state index is 0.00613. The number of hydrogen-bond acceptors (Lipinski definition) is 3. The van der Waals surface area contributed by atoms with Crippen LogP contribution in [0.15, 0.2) is 30.5 Å². The van der Waals surface area contributed by atoms with Gasteiger partial charge >= 0.3 is 5.97 Å². The fourth-order valence-electron chi connectivity index (χ4n) is 1.55. The van der Waals surface area contributed by atoms with Crippen LogP contribution in [0.2, 0.25) is 0 Å². The maximum absolute atomic E-state index is 13.6. The topological polar surface area (TPSA) is 78.9 Å². The van der Waals surface area contributed by atoms with E-state index in [1.165, 1.54) is 29.1 Å². The van der Waals surface area contributed by atoms with E-state index in [1.54, 1.807) is 0 Å². The lowest BCUT2D eigenvalue weighted by atomic mass is 10.1. The third-order valence-electron chi connectivity index (χ3n) is 2.44. The molecular formula is C12H8FN3O2. The maximum Gasteiger partial charge on any atom is 0.354 e. The van der Waals surface area contributed by atoms with Gasteiger partial charge in [0.05, 0.1) is 18.2 Å². The molecule has 18 heavy (non-hydrogen) atoms. The standard InChI is InChI=1S/C12H8FN3O2/c13-10-5-8(6-14)1-2-9(10)7-16-11(12(17)18)3-4-15-16/h1-5H,7H2,(H,17,18). The van der Waals surface area contributed by atoms with Crippen LogP contribution in [0.1, 0.15) is 21.6 Å². The van der Waals surface area contributed by atoms with Gasteiger partial charge in [0.1, 0.15) is 11.5 Å². The number of halogens is 1. The molecule has 0 spiro atoms. The van der Waals surface area contributed by atoms with Crippen LogP contribution in [0.4, 0.5) is 4.39 Å². The van der Waals surface area contributed by atoms with Gasteiger partial charge in [-0.25, -0.2) is 9.18 Å². The van der Waals surface area contributed by atoms with Crippen molar-refractivity contribution < 1.29 is 14.3 Å². The molecule has 2 aromatic rings. The minimum Gasteiger partial charge on any atom is -0.477 e. The number of nitrogens with zero attached hydrogens (tertiary/aromatic N) is 3. The van der Waals surface area contributed by atoms with Crippen LogP contribution in [0.25, 0.3) is 0 Å². The second-order valence-corrected chi connectivity index (χ2v) is 3.60. The predicted molar refractivity (Wildman–Crippen MR) is 59.4 cm³/mol. The number of carboxylic acids is 1. The summed E-state index contributed by atoms with van der Waals surface area (Å²) in [6.45, 7) is 0.00613. The maximum atomic E-state index is 13.6. The molecule has 6 heteroatoms. The van der Waals surface area contributed by atoms with E-state index in [-0.39, 0.29) is 23.4 Å². The summed E-state index contributed by atoms with van der Waals surface area (Å²) in [5.41, 5.74) is 0.481. The first kappa shape index (κ1) is 11.8. The lowest BCUT2D eigenvalue weighted by molar-refractivity contribution is 0.0684. The van der Waals surface area contributed by atoms with Gasteiger partial charge < -0.3 is 5.11 Å². The van der Waals surface area contributed by atoms with E-state index in [1.807, 2.05) is 6.07 Å². The van der Waals surface area contributed by atoms with Crippen molar-refractivity contribution in [2.45, 2.75) is 6.54 Å². The summed E-state index contributed by atoms with van der Waals surface area (Å²) in [6, 6.07) is 7.19. The minimum atomic E-state index is -1.12. The Balaban J connectivity index is 2.32. The van der Waals surface area contributed by atoms with Gasteiger partial charge in [-0.1, -0.05) is 6.07 Å². The molecule has 1 heterocycles. The van der Waals surface area contributed by atoms with Gasteiger partial charge in [-0.3, -0.25) is 4.68 Å². The first-order chi connectivity index (χ1) is 8.61. The first-order valence-electron chi connectivity index (χ1n) is 5.05. The zero-order valence-corrected chi connectivity index (χ0v) is 9.17. The van der Waals surface area contributed by atoms with Crippen molar-refractivity contribution >= 4 is 5.97 Å². The largest absolute Gasteiger partial charge is 0.477 e. The summed E-state index contributed by atoms with van der Waals surface area (Å²) >= 11 is 0. The van der Waals surface area contributed by atoms with Crippen molar-refractivity contribution in [3.8, 4) is 6.07 Å². The number of aromatic carboxylic acids is 1. The normalized spacial score (nSPS) is 10.0. The SMILES string of the molecule is N#Cc1ccc(Cn2nccc2C(=O)O)c(F)c1. The Labute approximate surface area is 102 Å². The molecule has 0 aliphatic rings. The molecule has 90 valence electrons. The van der Waals surface area contributed by atoms with Crippen LogP contribution in [0.5, 0.6) is 0 Å². The Morgan fingerprint density at radius 2 is 2.28 bits per heavy atom. The van der Waals surface area contributed by atoms with Gasteiger partial charge in [0.15, 0.2) is 0 Å². The molecule has 0 unspecified atom stereocenters. The highest BCUT2D eigenvalue weighted by Gasteiger charge is 2.12. The van der Waals surface area contributed by atoms with E-state index >= 15 is 0 Å². The third-order valence-corrected chi connectivity index (χ3v) is 2.44. The first-order valence-corrected chi connectivity index (χ1v) is 5.05. The molecule has 0 aliphatic carbocycles. The van der Waals surface area contributed by atoms with Crippen molar-refractivity contribution in [3.63, 3.8) is 0 Å². The molecule has 0 aliphatic heterocycles. The average molecular weight is 245 g/mol. The Morgan fingerprint density at radius 3 is 2.89 bits per heavy atom. The predicted octanol–water partition coefficient (Wildman–Crippen LogP) is 1.64. The highest BCUT2D eigenvalue weighted by Crippen LogP contribution is 2.12. The summed E-state index contributed by atoms with van der Waals surface area (Å²) in [5, 5.41) is 21.3. The second-order valence-electron chi connectivity index (χ2n) is 3.60. The van der Waals surface area contributed by atoms with Gasteiger partial charge in [0.2, 0.25) is 0 Å². The Bertz CT molecular complexity index is 643. The highest BCUT2D eigenvalue weighted by molar-refractivity contribution is 5.85. The number of rotatable bonds is 3. The number of aromatic nitrogens is 2. The Hall–Kier alpha value is -2.68. The van der Waals surface area contributed by atoms with Crippen molar-refractivity contribution in [2.24, 2.45) is 0 Å². The molecule has 5 nitrogen and oxygen atoms in total. The Morgan fingerprint density at radius 1 is 1.50 bits per heavy atom. The number of hydrogen-bond donors (Lipinski definition) is 1. The number of benzene rings is 1. The van der Waals surface area contributed by atoms with Gasteiger partial charge in [-0.15, -0.1) is 0 Å². The van der Waals surface area contributed by atoms with E-state index in [9.17, 15) is 9.18 Å². The molecular weight excluding hydrogens is 237 g/mol. The summed E-state index contributed by atoms with van der Waals surface area (Å²) in [5.74, 6) is -1.68. The molecule has 1 aromatic heterocycles. The molecule has 0 saturated carbocycles. The summed E-state index contributed by atoms with van der Waals surface area (Å²) < 4.78 is 14.8. The van der Waals surface area contributed by atoms with Gasteiger partial charge in [0, 0.05) is 11.8 Å². The zero-order valence-electron chi connectivity index (χ0n) is 9.17. The number of nitriles is 1. The van der Waals surface area contributed by atoms with E-state index in [0.29, 0.717) is 0 Å². The summed E-state index contributed by atoms with van der Waals surface area (Å²) in [4.78, 5) is 10.9. The highest BCUT2D eigenvalue weighted by atomic mass is 19.1. The third kappa shape index (κ3) is 2.20. The molecule has 1 aromatic carbocycles. The molecule has 0 radical (unpaired) electrons. The molecule has 0 amide bonds. The van der Waals surface area contributed by atoms with Crippen LogP contribution < -0.4 is 0 Å². The van der Waals surface area contributed by atoms with Crippen molar-refractivity contribution in [1.29, 1.82) is 5.26 Å². The van der Waals surface area contributed by atoms with Crippen LogP contribution in [0, 0.1) is 17.1 Å². The molecule has 0 atom stereocenters. The number of carboxylic acid groups (broad SMARTS) is 1.